The van der Waals surface area contributed by atoms with Crippen LogP contribution in [0.25, 0.3) is 0 Å². The van der Waals surface area contributed by atoms with Crippen molar-refractivity contribution in [2.75, 3.05) is 6.54 Å². The van der Waals surface area contributed by atoms with Gasteiger partial charge in [0.15, 0.2) is 0 Å². The lowest BCUT2D eigenvalue weighted by molar-refractivity contribution is -0.122. The van der Waals surface area contributed by atoms with Crippen LogP contribution in [0.4, 0.5) is 0 Å². The van der Waals surface area contributed by atoms with Gasteiger partial charge in [-0.05, 0) is 13.3 Å². The maximum Gasteiger partial charge on any atom is 0.237 e. The van der Waals surface area contributed by atoms with Crippen LogP contribution >= 0.6 is 0 Å². The molecule has 0 rings (SSSR count). The molecule has 0 aromatic rings. The van der Waals surface area contributed by atoms with E-state index in [2.05, 4.69) is 17.2 Å². The highest BCUT2D eigenvalue weighted by Gasteiger charge is 2.08. The molecule has 3 heteroatoms. The molecule has 0 aliphatic rings. The van der Waals surface area contributed by atoms with Crippen molar-refractivity contribution < 1.29 is 4.79 Å². The summed E-state index contributed by atoms with van der Waals surface area (Å²) in [4.78, 5) is 10.9. The first-order valence-electron chi connectivity index (χ1n) is 3.65. The van der Waals surface area contributed by atoms with E-state index in [1.165, 1.54) is 0 Å². The van der Waals surface area contributed by atoms with Crippen molar-refractivity contribution in [2.45, 2.75) is 26.3 Å². The fourth-order valence-corrected chi connectivity index (χ4v) is 0.536. The minimum Gasteiger partial charge on any atom is -0.344 e. The zero-order chi connectivity index (χ0) is 8.69. The number of nitrogens with one attached hydrogen (secondary N) is 1. The molecule has 0 spiro atoms. The van der Waals surface area contributed by atoms with Crippen molar-refractivity contribution in [3.05, 3.63) is 0 Å². The molecule has 1 amide bonds. The first-order valence-corrected chi connectivity index (χ1v) is 3.65. The molecule has 62 valence electrons. The van der Waals surface area contributed by atoms with Gasteiger partial charge in [0.2, 0.25) is 5.91 Å². The van der Waals surface area contributed by atoms with Crippen LogP contribution in [0.5, 0.6) is 0 Å². The van der Waals surface area contributed by atoms with E-state index >= 15 is 0 Å². The Morgan fingerprint density at radius 2 is 2.36 bits per heavy atom. The van der Waals surface area contributed by atoms with Crippen LogP contribution in [0.1, 0.15) is 20.3 Å². The number of hydrogen-bond acceptors (Lipinski definition) is 2. The van der Waals surface area contributed by atoms with E-state index in [1.807, 2.05) is 6.92 Å². The van der Waals surface area contributed by atoms with Crippen LogP contribution in [0, 0.1) is 11.8 Å². The van der Waals surface area contributed by atoms with Gasteiger partial charge >= 0.3 is 0 Å². The predicted octanol–water partition coefficient (Wildman–Crippen LogP) is -0.137. The highest BCUT2D eigenvalue weighted by atomic mass is 16.2. The van der Waals surface area contributed by atoms with E-state index in [1.54, 1.807) is 6.92 Å². The number of rotatable bonds is 3. The quantitative estimate of drug-likeness (QED) is 0.556. The minimum absolute atomic E-state index is 0.129. The summed E-state index contributed by atoms with van der Waals surface area (Å²) in [5.41, 5.74) is 5.44. The predicted molar refractivity (Wildman–Crippen MR) is 44.7 cm³/mol. The SMILES string of the molecule is CC#CCNC(=O)[C@H](N)CC. The van der Waals surface area contributed by atoms with Crippen LogP contribution in [0.3, 0.4) is 0 Å². The molecule has 0 unspecified atom stereocenters. The number of carbonyl (C=O) groups is 1. The molecule has 0 fully saturated rings. The van der Waals surface area contributed by atoms with Crippen molar-refractivity contribution in [3.8, 4) is 11.8 Å². The van der Waals surface area contributed by atoms with Crippen LogP contribution in [0.2, 0.25) is 0 Å². The van der Waals surface area contributed by atoms with Crippen LogP contribution in [0.15, 0.2) is 0 Å². The molecule has 0 aliphatic carbocycles. The maximum absolute atomic E-state index is 10.9. The maximum atomic E-state index is 10.9. The lowest BCUT2D eigenvalue weighted by atomic mass is 10.2. The molecule has 0 aromatic carbocycles. The zero-order valence-corrected chi connectivity index (χ0v) is 6.98. The Labute approximate surface area is 67.3 Å². The van der Waals surface area contributed by atoms with Gasteiger partial charge < -0.3 is 11.1 Å². The molecule has 3 nitrogen and oxygen atoms in total. The Morgan fingerprint density at radius 3 is 2.82 bits per heavy atom. The summed E-state index contributed by atoms with van der Waals surface area (Å²) in [5, 5.41) is 2.60. The summed E-state index contributed by atoms with van der Waals surface area (Å²) >= 11 is 0. The largest absolute Gasteiger partial charge is 0.344 e. The number of carbonyl (C=O) groups excluding carboxylic acids is 1. The average Bonchev–Trinajstić information content (AvgIpc) is 2.03. The second-order valence-electron chi connectivity index (χ2n) is 2.16. The fraction of sp³-hybridized carbons (Fsp3) is 0.625. The second-order valence-corrected chi connectivity index (χ2v) is 2.16. The Bertz CT molecular complexity index is 178. The lowest BCUT2D eigenvalue weighted by Crippen LogP contribution is -2.40. The minimum atomic E-state index is -0.395. The average molecular weight is 154 g/mol. The summed E-state index contributed by atoms with van der Waals surface area (Å²) in [6.07, 6.45) is 0.658. The highest BCUT2D eigenvalue weighted by molar-refractivity contribution is 5.81. The number of nitrogens with two attached hydrogens (primary N) is 1. The molecule has 0 heterocycles. The standard InChI is InChI=1S/C8H14N2O/c1-3-5-6-10-8(11)7(9)4-2/h7H,4,6,9H2,1-2H3,(H,10,11)/t7-/m1/s1. The third kappa shape index (κ3) is 4.40. The van der Waals surface area contributed by atoms with Crippen LogP contribution in [-0.4, -0.2) is 18.5 Å². The van der Waals surface area contributed by atoms with Crippen molar-refractivity contribution in [1.82, 2.24) is 5.32 Å². The van der Waals surface area contributed by atoms with Crippen molar-refractivity contribution in [1.29, 1.82) is 0 Å². The monoisotopic (exact) mass is 154 g/mol. The molecule has 1 atom stereocenters. The second kappa shape index (κ2) is 5.75. The Morgan fingerprint density at radius 1 is 1.73 bits per heavy atom. The van der Waals surface area contributed by atoms with Crippen molar-refractivity contribution >= 4 is 5.91 Å². The van der Waals surface area contributed by atoms with Gasteiger partial charge in [0.25, 0.3) is 0 Å². The van der Waals surface area contributed by atoms with E-state index in [9.17, 15) is 4.79 Å². The first kappa shape index (κ1) is 9.99. The molecule has 0 aromatic heterocycles. The normalized spacial score (nSPS) is 11.2. The van der Waals surface area contributed by atoms with Gasteiger partial charge in [-0.25, -0.2) is 0 Å². The molecule has 0 bridgehead atoms. The highest BCUT2D eigenvalue weighted by Crippen LogP contribution is 1.83. The summed E-state index contributed by atoms with van der Waals surface area (Å²) in [6.45, 7) is 3.99. The topological polar surface area (TPSA) is 55.1 Å². The van der Waals surface area contributed by atoms with E-state index in [0.717, 1.165) is 0 Å². The van der Waals surface area contributed by atoms with Gasteiger partial charge in [-0.3, -0.25) is 4.79 Å². The summed E-state index contributed by atoms with van der Waals surface area (Å²) < 4.78 is 0. The van der Waals surface area contributed by atoms with E-state index in [-0.39, 0.29) is 5.91 Å². The molecule has 0 aliphatic heterocycles. The summed E-state index contributed by atoms with van der Waals surface area (Å²) in [5.74, 6) is 5.27. The van der Waals surface area contributed by atoms with Crippen LogP contribution < -0.4 is 11.1 Å². The number of amides is 1. The van der Waals surface area contributed by atoms with Gasteiger partial charge in [-0.2, -0.15) is 0 Å². The molecule has 11 heavy (non-hydrogen) atoms. The summed E-state index contributed by atoms with van der Waals surface area (Å²) in [7, 11) is 0. The first-order chi connectivity index (χ1) is 5.22. The Balaban J connectivity index is 3.57. The molecule has 0 radical (unpaired) electrons. The summed E-state index contributed by atoms with van der Waals surface area (Å²) in [6, 6.07) is -0.395. The molecular formula is C8H14N2O. The zero-order valence-electron chi connectivity index (χ0n) is 6.98. The Hall–Kier alpha value is -1.01. The lowest BCUT2D eigenvalue weighted by Gasteiger charge is -2.06. The van der Waals surface area contributed by atoms with Crippen molar-refractivity contribution in [3.63, 3.8) is 0 Å². The van der Waals surface area contributed by atoms with E-state index < -0.39 is 6.04 Å². The van der Waals surface area contributed by atoms with Crippen molar-refractivity contribution in [2.24, 2.45) is 5.73 Å². The van der Waals surface area contributed by atoms with Crippen LogP contribution in [-0.2, 0) is 4.79 Å². The third-order valence-corrected chi connectivity index (χ3v) is 1.30. The van der Waals surface area contributed by atoms with Gasteiger partial charge in [0.1, 0.15) is 0 Å². The molecule has 3 N–H and O–H groups in total. The smallest absolute Gasteiger partial charge is 0.237 e. The number of hydrogen-bond donors (Lipinski definition) is 2. The third-order valence-electron chi connectivity index (χ3n) is 1.30. The van der Waals surface area contributed by atoms with Gasteiger partial charge in [-0.15, -0.1) is 5.92 Å². The molecule has 0 saturated carbocycles. The van der Waals surface area contributed by atoms with E-state index in [4.69, 9.17) is 5.73 Å². The van der Waals surface area contributed by atoms with Gasteiger partial charge in [0.05, 0.1) is 12.6 Å². The fourth-order valence-electron chi connectivity index (χ4n) is 0.536. The molecular weight excluding hydrogens is 140 g/mol. The van der Waals surface area contributed by atoms with Gasteiger partial charge in [-0.1, -0.05) is 12.8 Å². The Kier molecular flexibility index (Phi) is 5.22. The van der Waals surface area contributed by atoms with E-state index in [0.29, 0.717) is 13.0 Å². The molecule has 0 saturated heterocycles. The van der Waals surface area contributed by atoms with Gasteiger partial charge in [0, 0.05) is 0 Å².